The zero-order valence-electron chi connectivity index (χ0n) is 10.9. The monoisotopic (exact) mass is 320 g/mol. The van der Waals surface area contributed by atoms with Crippen LogP contribution in [0.15, 0.2) is 28.7 Å². The van der Waals surface area contributed by atoms with Gasteiger partial charge in [0.1, 0.15) is 0 Å². The predicted octanol–water partition coefficient (Wildman–Crippen LogP) is 2.56. The van der Waals surface area contributed by atoms with Crippen LogP contribution in [0.1, 0.15) is 5.56 Å². The summed E-state index contributed by atoms with van der Waals surface area (Å²) in [5.74, 6) is 1.08. The minimum atomic E-state index is 1.02. The third-order valence-corrected chi connectivity index (χ3v) is 4.06. The number of aromatic nitrogens is 2. The molecule has 2 N–H and O–H groups in total. The molecule has 0 aliphatic carbocycles. The van der Waals surface area contributed by atoms with Gasteiger partial charge in [-0.2, -0.15) is 5.10 Å². The summed E-state index contributed by atoms with van der Waals surface area (Å²) in [6, 6.07) is 8.32. The fourth-order valence-electron chi connectivity index (χ4n) is 2.47. The third kappa shape index (κ3) is 2.53. The Hall–Kier alpha value is -1.33. The molecular formula is C14H17BrN4. The van der Waals surface area contributed by atoms with E-state index in [1.54, 1.807) is 0 Å². The van der Waals surface area contributed by atoms with Gasteiger partial charge in [-0.1, -0.05) is 28.1 Å². The Labute approximate surface area is 121 Å². The Morgan fingerprint density at radius 1 is 1.16 bits per heavy atom. The van der Waals surface area contributed by atoms with Crippen LogP contribution in [-0.2, 0) is 0 Å². The van der Waals surface area contributed by atoms with Gasteiger partial charge in [-0.05, 0) is 24.6 Å². The summed E-state index contributed by atoms with van der Waals surface area (Å²) in [6.45, 7) is 6.23. The highest BCUT2D eigenvalue weighted by Crippen LogP contribution is 2.29. The van der Waals surface area contributed by atoms with Gasteiger partial charge in [0.15, 0.2) is 5.82 Å². The second kappa shape index (κ2) is 5.35. The molecule has 1 aromatic carbocycles. The zero-order valence-corrected chi connectivity index (χ0v) is 12.5. The number of hydrogen-bond acceptors (Lipinski definition) is 3. The molecule has 4 nitrogen and oxygen atoms in total. The van der Waals surface area contributed by atoms with E-state index in [0.717, 1.165) is 42.2 Å². The van der Waals surface area contributed by atoms with E-state index in [9.17, 15) is 0 Å². The van der Waals surface area contributed by atoms with Gasteiger partial charge >= 0.3 is 0 Å². The molecule has 1 aromatic heterocycles. The molecule has 1 aliphatic heterocycles. The molecule has 1 fully saturated rings. The van der Waals surface area contributed by atoms with Gasteiger partial charge in [-0.25, -0.2) is 0 Å². The Balaban J connectivity index is 1.91. The van der Waals surface area contributed by atoms with Crippen molar-refractivity contribution in [3.05, 3.63) is 34.3 Å². The summed E-state index contributed by atoms with van der Waals surface area (Å²) in [5, 5.41) is 11.0. The largest absolute Gasteiger partial charge is 0.352 e. The first-order chi connectivity index (χ1) is 9.25. The molecule has 0 spiro atoms. The number of rotatable bonds is 2. The smallest absolute Gasteiger partial charge is 0.154 e. The molecule has 100 valence electrons. The fourth-order valence-corrected chi connectivity index (χ4v) is 2.73. The number of halogens is 1. The van der Waals surface area contributed by atoms with E-state index in [0.29, 0.717) is 0 Å². The van der Waals surface area contributed by atoms with Gasteiger partial charge in [0.2, 0.25) is 0 Å². The van der Waals surface area contributed by atoms with E-state index in [-0.39, 0.29) is 0 Å². The van der Waals surface area contributed by atoms with Gasteiger partial charge in [0.05, 0.1) is 5.69 Å². The number of nitrogens with one attached hydrogen (secondary N) is 2. The molecule has 0 saturated carbocycles. The molecule has 5 heteroatoms. The van der Waals surface area contributed by atoms with Crippen LogP contribution in [-0.4, -0.2) is 36.4 Å². The Kier molecular flexibility index (Phi) is 3.57. The lowest BCUT2D eigenvalue weighted by atomic mass is 10.1. The third-order valence-electron chi connectivity index (χ3n) is 3.53. The van der Waals surface area contributed by atoms with E-state index in [1.807, 2.05) is 0 Å². The lowest BCUT2D eigenvalue weighted by molar-refractivity contribution is 0.584. The molecule has 0 atom stereocenters. The minimum absolute atomic E-state index is 1.02. The first-order valence-electron chi connectivity index (χ1n) is 6.52. The van der Waals surface area contributed by atoms with E-state index in [2.05, 4.69) is 67.5 Å². The summed E-state index contributed by atoms with van der Waals surface area (Å²) >= 11 is 3.46. The van der Waals surface area contributed by atoms with Crippen molar-refractivity contribution < 1.29 is 0 Å². The fraction of sp³-hybridized carbons (Fsp3) is 0.357. The SMILES string of the molecule is Cc1c(N2CCNCC2)n[nH]c1-c1ccc(Br)cc1. The standard InChI is InChI=1S/C14H17BrN4/c1-10-13(11-2-4-12(15)5-3-11)17-18-14(10)19-8-6-16-7-9-19/h2-5,16H,6-9H2,1H3,(H,17,18). The number of anilines is 1. The zero-order chi connectivity index (χ0) is 13.2. The summed E-state index contributed by atoms with van der Waals surface area (Å²) in [4.78, 5) is 2.34. The van der Waals surface area contributed by atoms with Crippen molar-refractivity contribution in [2.45, 2.75) is 6.92 Å². The molecule has 0 bridgehead atoms. The molecular weight excluding hydrogens is 304 g/mol. The lowest BCUT2D eigenvalue weighted by Gasteiger charge is -2.27. The molecule has 2 heterocycles. The van der Waals surface area contributed by atoms with Crippen molar-refractivity contribution in [1.82, 2.24) is 15.5 Å². The van der Waals surface area contributed by atoms with Crippen LogP contribution in [0.25, 0.3) is 11.3 Å². The summed E-state index contributed by atoms with van der Waals surface area (Å²) in [5.41, 5.74) is 3.51. The first kappa shape index (κ1) is 12.7. The van der Waals surface area contributed by atoms with Crippen LogP contribution in [0, 0.1) is 6.92 Å². The van der Waals surface area contributed by atoms with Crippen LogP contribution >= 0.6 is 15.9 Å². The van der Waals surface area contributed by atoms with Gasteiger partial charge in [0, 0.05) is 36.2 Å². The predicted molar refractivity (Wildman–Crippen MR) is 81.5 cm³/mol. The summed E-state index contributed by atoms with van der Waals surface area (Å²) < 4.78 is 1.09. The average Bonchev–Trinajstić information content (AvgIpc) is 2.83. The highest BCUT2D eigenvalue weighted by atomic mass is 79.9. The number of aromatic amines is 1. The number of H-pyrrole nitrogens is 1. The molecule has 19 heavy (non-hydrogen) atoms. The maximum atomic E-state index is 4.50. The van der Waals surface area contributed by atoms with Crippen LogP contribution in [0.5, 0.6) is 0 Å². The van der Waals surface area contributed by atoms with Crippen molar-refractivity contribution in [2.24, 2.45) is 0 Å². The molecule has 2 aromatic rings. The maximum absolute atomic E-state index is 4.50. The van der Waals surface area contributed by atoms with E-state index in [4.69, 9.17) is 0 Å². The van der Waals surface area contributed by atoms with E-state index >= 15 is 0 Å². The highest BCUT2D eigenvalue weighted by molar-refractivity contribution is 9.10. The van der Waals surface area contributed by atoms with Crippen molar-refractivity contribution in [3.63, 3.8) is 0 Å². The van der Waals surface area contributed by atoms with Crippen LogP contribution in [0.2, 0.25) is 0 Å². The highest BCUT2D eigenvalue weighted by Gasteiger charge is 2.18. The van der Waals surface area contributed by atoms with Crippen molar-refractivity contribution in [3.8, 4) is 11.3 Å². The van der Waals surface area contributed by atoms with Crippen LogP contribution < -0.4 is 10.2 Å². The summed E-state index contributed by atoms with van der Waals surface area (Å²) in [7, 11) is 0. The second-order valence-electron chi connectivity index (χ2n) is 4.79. The van der Waals surface area contributed by atoms with Crippen molar-refractivity contribution >= 4 is 21.7 Å². The molecule has 3 rings (SSSR count). The average molecular weight is 321 g/mol. The second-order valence-corrected chi connectivity index (χ2v) is 5.71. The summed E-state index contributed by atoms with van der Waals surface area (Å²) in [6.07, 6.45) is 0. The van der Waals surface area contributed by atoms with Crippen LogP contribution in [0.4, 0.5) is 5.82 Å². The van der Waals surface area contributed by atoms with Crippen LogP contribution in [0.3, 0.4) is 0 Å². The van der Waals surface area contributed by atoms with Gasteiger partial charge < -0.3 is 10.2 Å². The Morgan fingerprint density at radius 2 is 1.84 bits per heavy atom. The number of hydrogen-bond donors (Lipinski definition) is 2. The number of nitrogens with zero attached hydrogens (tertiary/aromatic N) is 2. The first-order valence-corrected chi connectivity index (χ1v) is 7.31. The molecule has 0 amide bonds. The van der Waals surface area contributed by atoms with Gasteiger partial charge in [0.25, 0.3) is 0 Å². The van der Waals surface area contributed by atoms with E-state index < -0.39 is 0 Å². The minimum Gasteiger partial charge on any atom is -0.352 e. The molecule has 1 saturated heterocycles. The van der Waals surface area contributed by atoms with Gasteiger partial charge in [-0.3, -0.25) is 5.10 Å². The molecule has 0 unspecified atom stereocenters. The topological polar surface area (TPSA) is 44.0 Å². The van der Waals surface area contributed by atoms with E-state index in [1.165, 1.54) is 11.1 Å². The lowest BCUT2D eigenvalue weighted by Crippen LogP contribution is -2.43. The van der Waals surface area contributed by atoms with Gasteiger partial charge in [-0.15, -0.1) is 0 Å². The molecule has 1 aliphatic rings. The van der Waals surface area contributed by atoms with Crippen molar-refractivity contribution in [2.75, 3.05) is 31.1 Å². The Bertz CT molecular complexity index is 555. The maximum Gasteiger partial charge on any atom is 0.154 e. The number of piperazine rings is 1. The molecule has 0 radical (unpaired) electrons. The van der Waals surface area contributed by atoms with Crippen molar-refractivity contribution in [1.29, 1.82) is 0 Å². The normalized spacial score (nSPS) is 15.8. The quantitative estimate of drug-likeness (QED) is 0.893. The Morgan fingerprint density at radius 3 is 2.53 bits per heavy atom. The number of benzene rings is 1.